The summed E-state index contributed by atoms with van der Waals surface area (Å²) in [5.41, 5.74) is 0.736. The molecule has 2 rings (SSSR count). The van der Waals surface area contributed by atoms with Gasteiger partial charge in [0.25, 0.3) is 0 Å². The molecule has 0 amide bonds. The highest BCUT2D eigenvalue weighted by molar-refractivity contribution is 9.10. The molecule has 0 aliphatic carbocycles. The summed E-state index contributed by atoms with van der Waals surface area (Å²) in [6.07, 6.45) is 1.29. The van der Waals surface area contributed by atoms with Crippen molar-refractivity contribution < 1.29 is 4.39 Å². The summed E-state index contributed by atoms with van der Waals surface area (Å²) >= 11 is 5.37. The number of rotatable bonds is 4. The highest BCUT2D eigenvalue weighted by Gasteiger charge is 2.14. The van der Waals surface area contributed by atoms with Gasteiger partial charge in [-0.25, -0.2) is 4.39 Å². The van der Waals surface area contributed by atoms with Gasteiger partial charge in [-0.3, -0.25) is 0 Å². The maximum absolute atomic E-state index is 13.4. The quantitative estimate of drug-likeness (QED) is 0.914. The minimum absolute atomic E-state index is 0.128. The van der Waals surface area contributed by atoms with Gasteiger partial charge < -0.3 is 5.32 Å². The zero-order valence-electron chi connectivity index (χ0n) is 9.01. The van der Waals surface area contributed by atoms with E-state index in [1.807, 2.05) is 17.8 Å². The van der Waals surface area contributed by atoms with E-state index in [-0.39, 0.29) is 5.82 Å². The molecule has 0 bridgehead atoms. The number of hydrogen-bond donors (Lipinski definition) is 1. The molecule has 1 aromatic carbocycles. The van der Waals surface area contributed by atoms with Gasteiger partial charge in [-0.05, 0) is 48.6 Å². The summed E-state index contributed by atoms with van der Waals surface area (Å²) in [6, 6.07) is 5.07. The van der Waals surface area contributed by atoms with Crippen molar-refractivity contribution in [1.82, 2.24) is 5.32 Å². The molecule has 4 heteroatoms. The van der Waals surface area contributed by atoms with Crippen LogP contribution >= 0.6 is 27.7 Å². The maximum atomic E-state index is 13.4. The van der Waals surface area contributed by atoms with Gasteiger partial charge in [-0.1, -0.05) is 15.9 Å². The van der Waals surface area contributed by atoms with Crippen LogP contribution in [0.1, 0.15) is 12.0 Å². The Morgan fingerprint density at radius 3 is 3.12 bits per heavy atom. The smallest absolute Gasteiger partial charge is 0.127 e. The Labute approximate surface area is 108 Å². The van der Waals surface area contributed by atoms with Gasteiger partial charge >= 0.3 is 0 Å². The van der Waals surface area contributed by atoms with E-state index in [0.29, 0.717) is 6.54 Å². The Bertz CT molecular complexity index is 353. The second kappa shape index (κ2) is 6.03. The van der Waals surface area contributed by atoms with Crippen LogP contribution < -0.4 is 5.32 Å². The first-order valence-corrected chi connectivity index (χ1v) is 7.43. The molecule has 0 aromatic heterocycles. The first-order valence-electron chi connectivity index (χ1n) is 5.48. The minimum Gasteiger partial charge on any atom is -0.312 e. The lowest BCUT2D eigenvalue weighted by atomic mass is 10.1. The van der Waals surface area contributed by atoms with Crippen molar-refractivity contribution >= 4 is 27.7 Å². The highest BCUT2D eigenvalue weighted by Crippen LogP contribution is 2.22. The molecule has 1 aliphatic heterocycles. The minimum atomic E-state index is -0.128. The Morgan fingerprint density at radius 1 is 1.50 bits per heavy atom. The average Bonchev–Trinajstić information content (AvgIpc) is 2.76. The summed E-state index contributed by atoms with van der Waals surface area (Å²) in [6.45, 7) is 1.62. The zero-order valence-corrected chi connectivity index (χ0v) is 11.4. The molecule has 1 heterocycles. The average molecular weight is 304 g/mol. The normalized spacial score (nSPS) is 20.2. The van der Waals surface area contributed by atoms with Crippen LogP contribution in [0.25, 0.3) is 0 Å². The van der Waals surface area contributed by atoms with Crippen LogP contribution in [0.4, 0.5) is 4.39 Å². The van der Waals surface area contributed by atoms with Gasteiger partial charge in [0.2, 0.25) is 0 Å². The predicted octanol–water partition coefficient (Wildman–Crippen LogP) is 3.43. The van der Waals surface area contributed by atoms with Crippen molar-refractivity contribution in [3.05, 3.63) is 34.1 Å². The van der Waals surface area contributed by atoms with Crippen molar-refractivity contribution in [3.8, 4) is 0 Å². The molecule has 1 nitrogen and oxygen atoms in total. The van der Waals surface area contributed by atoms with Gasteiger partial charge in [-0.15, -0.1) is 0 Å². The Hall–Kier alpha value is -0.0600. The molecular weight excluding hydrogens is 289 g/mol. The van der Waals surface area contributed by atoms with E-state index in [1.165, 1.54) is 24.0 Å². The first-order chi connectivity index (χ1) is 7.75. The van der Waals surface area contributed by atoms with Crippen molar-refractivity contribution in [1.29, 1.82) is 0 Å². The molecule has 16 heavy (non-hydrogen) atoms. The lowest BCUT2D eigenvalue weighted by Crippen LogP contribution is -2.22. The van der Waals surface area contributed by atoms with Crippen molar-refractivity contribution in [2.75, 3.05) is 18.1 Å². The second-order valence-electron chi connectivity index (χ2n) is 4.10. The molecule has 1 unspecified atom stereocenters. The van der Waals surface area contributed by atoms with Gasteiger partial charge in [0.05, 0.1) is 0 Å². The van der Waals surface area contributed by atoms with E-state index in [1.54, 1.807) is 6.07 Å². The third kappa shape index (κ3) is 3.47. The summed E-state index contributed by atoms with van der Waals surface area (Å²) in [5.74, 6) is 3.16. The monoisotopic (exact) mass is 303 g/mol. The van der Waals surface area contributed by atoms with Gasteiger partial charge in [0, 0.05) is 16.6 Å². The van der Waals surface area contributed by atoms with Crippen LogP contribution in [0.2, 0.25) is 0 Å². The lowest BCUT2D eigenvalue weighted by Gasteiger charge is -2.10. The molecule has 1 saturated heterocycles. The van der Waals surface area contributed by atoms with Crippen LogP contribution in [-0.2, 0) is 6.54 Å². The molecule has 1 N–H and O–H groups in total. The molecule has 1 aliphatic rings. The van der Waals surface area contributed by atoms with Crippen LogP contribution in [0.5, 0.6) is 0 Å². The first kappa shape index (κ1) is 12.4. The Morgan fingerprint density at radius 2 is 2.38 bits per heavy atom. The Kier molecular flexibility index (Phi) is 4.67. The highest BCUT2D eigenvalue weighted by atomic mass is 79.9. The molecule has 1 fully saturated rings. The SMILES string of the molecule is Fc1ccc(Br)cc1CNCC1CCSC1. The third-order valence-corrected chi connectivity index (χ3v) is 4.50. The molecule has 0 saturated carbocycles. The summed E-state index contributed by atoms with van der Waals surface area (Å²) in [5, 5.41) is 3.34. The molecule has 1 aromatic rings. The van der Waals surface area contributed by atoms with Gasteiger partial charge in [0.15, 0.2) is 0 Å². The number of nitrogens with one attached hydrogen (secondary N) is 1. The second-order valence-corrected chi connectivity index (χ2v) is 6.16. The van der Waals surface area contributed by atoms with E-state index < -0.39 is 0 Å². The fraction of sp³-hybridized carbons (Fsp3) is 0.500. The third-order valence-electron chi connectivity index (χ3n) is 2.78. The van der Waals surface area contributed by atoms with E-state index in [0.717, 1.165) is 22.5 Å². The molecule has 0 spiro atoms. The van der Waals surface area contributed by atoms with E-state index in [2.05, 4.69) is 21.2 Å². The van der Waals surface area contributed by atoms with Crippen molar-refractivity contribution in [3.63, 3.8) is 0 Å². The number of halogens is 2. The van der Waals surface area contributed by atoms with Gasteiger partial charge in [-0.2, -0.15) is 11.8 Å². The van der Waals surface area contributed by atoms with E-state index in [9.17, 15) is 4.39 Å². The fourth-order valence-electron chi connectivity index (χ4n) is 1.83. The van der Waals surface area contributed by atoms with Crippen molar-refractivity contribution in [2.45, 2.75) is 13.0 Å². The molecule has 0 radical (unpaired) electrons. The summed E-state index contributed by atoms with van der Waals surface area (Å²) < 4.78 is 14.3. The van der Waals surface area contributed by atoms with Crippen LogP contribution in [-0.4, -0.2) is 18.1 Å². The summed E-state index contributed by atoms with van der Waals surface area (Å²) in [4.78, 5) is 0. The number of benzene rings is 1. The molecule has 88 valence electrons. The van der Waals surface area contributed by atoms with Crippen LogP contribution in [0, 0.1) is 11.7 Å². The standard InChI is InChI=1S/C12H15BrFNS/c13-11-1-2-12(14)10(5-11)7-15-6-9-3-4-16-8-9/h1-2,5,9,15H,3-4,6-8H2. The zero-order chi connectivity index (χ0) is 11.4. The van der Waals surface area contributed by atoms with Gasteiger partial charge in [0.1, 0.15) is 5.82 Å². The largest absolute Gasteiger partial charge is 0.312 e. The fourth-order valence-corrected chi connectivity index (χ4v) is 3.53. The Balaban J connectivity index is 1.82. The van der Waals surface area contributed by atoms with E-state index >= 15 is 0 Å². The topological polar surface area (TPSA) is 12.0 Å². The lowest BCUT2D eigenvalue weighted by molar-refractivity contribution is 0.512. The predicted molar refractivity (Wildman–Crippen MR) is 71.2 cm³/mol. The van der Waals surface area contributed by atoms with Crippen molar-refractivity contribution in [2.24, 2.45) is 5.92 Å². The molecule has 1 atom stereocenters. The van der Waals surface area contributed by atoms with Crippen LogP contribution in [0.15, 0.2) is 22.7 Å². The number of thioether (sulfide) groups is 1. The number of hydrogen-bond acceptors (Lipinski definition) is 2. The van der Waals surface area contributed by atoms with E-state index in [4.69, 9.17) is 0 Å². The molecular formula is C12H15BrFNS. The maximum Gasteiger partial charge on any atom is 0.127 e. The van der Waals surface area contributed by atoms with Crippen LogP contribution in [0.3, 0.4) is 0 Å². The summed E-state index contributed by atoms with van der Waals surface area (Å²) in [7, 11) is 0.